The number of carboxylic acid groups (broad SMARTS) is 1. The van der Waals surface area contributed by atoms with E-state index in [0.717, 1.165) is 30.7 Å². The number of carbonyl (C=O) groups is 2. The second-order valence-electron chi connectivity index (χ2n) is 11.0. The van der Waals surface area contributed by atoms with Crippen LogP contribution < -0.4 is 4.74 Å². The van der Waals surface area contributed by atoms with E-state index >= 15 is 0 Å². The molecule has 1 amide bonds. The molecule has 2 aromatic carbocycles. The zero-order chi connectivity index (χ0) is 27.1. The highest BCUT2D eigenvalue weighted by atomic mass is 16.7. The summed E-state index contributed by atoms with van der Waals surface area (Å²) >= 11 is 0. The number of nitrogens with zero attached hydrogens (tertiary/aromatic N) is 2. The number of unbranched alkanes of at least 4 members (excludes halogenated alkanes) is 1. The molecule has 0 spiro atoms. The number of hydrogen-bond acceptors (Lipinski definition) is 6. The molecule has 1 N–H and O–H groups in total. The molecule has 5 saturated heterocycles. The summed E-state index contributed by atoms with van der Waals surface area (Å²) in [5.74, 6) is 0.648. The van der Waals surface area contributed by atoms with Crippen LogP contribution in [-0.4, -0.2) is 85.6 Å². The van der Waals surface area contributed by atoms with Gasteiger partial charge in [0.2, 0.25) is 0 Å². The molecule has 0 atom stereocenters. The molecule has 0 aromatic heterocycles. The molecule has 39 heavy (non-hydrogen) atoms. The van der Waals surface area contributed by atoms with Gasteiger partial charge in [-0.25, -0.2) is 0 Å². The summed E-state index contributed by atoms with van der Waals surface area (Å²) in [5, 5.41) is 9.79. The van der Waals surface area contributed by atoms with Gasteiger partial charge in [0.15, 0.2) is 6.29 Å². The Bertz CT molecular complexity index is 1070. The Hall–Kier alpha value is -2.94. The smallest absolute Gasteiger partial charge is 0.317 e. The van der Waals surface area contributed by atoms with Gasteiger partial charge in [-0.15, -0.1) is 0 Å². The molecule has 5 heterocycles. The Kier molecular flexibility index (Phi) is 9.17. The molecule has 8 heteroatoms. The summed E-state index contributed by atoms with van der Waals surface area (Å²) in [6.45, 7) is 6.36. The van der Waals surface area contributed by atoms with E-state index in [4.69, 9.17) is 14.2 Å². The first kappa shape index (κ1) is 27.6. The minimum absolute atomic E-state index is 0.0914. The van der Waals surface area contributed by atoms with Crippen LogP contribution in [0.1, 0.15) is 54.4 Å². The van der Waals surface area contributed by atoms with Crippen LogP contribution >= 0.6 is 0 Å². The molecule has 5 aliphatic heterocycles. The van der Waals surface area contributed by atoms with E-state index in [1.165, 1.54) is 38.9 Å². The third-order valence-corrected chi connectivity index (χ3v) is 8.38. The number of likely N-dealkylation sites (tertiary alicyclic amines) is 1. The van der Waals surface area contributed by atoms with Crippen LogP contribution in [0.3, 0.4) is 0 Å². The minimum Gasteiger partial charge on any atom is -0.494 e. The van der Waals surface area contributed by atoms with Gasteiger partial charge in [0.25, 0.3) is 5.91 Å². The molecule has 8 nitrogen and oxygen atoms in total. The molecule has 0 aliphatic carbocycles. The molecule has 0 unspecified atom stereocenters. The predicted octanol–water partition coefficient (Wildman–Crippen LogP) is 4.19. The Balaban J connectivity index is 0.000000325. The topological polar surface area (TPSA) is 88.5 Å². The largest absolute Gasteiger partial charge is 0.494 e. The van der Waals surface area contributed by atoms with Crippen molar-refractivity contribution in [3.8, 4) is 5.75 Å². The van der Waals surface area contributed by atoms with E-state index in [1.807, 2.05) is 24.3 Å². The van der Waals surface area contributed by atoms with Crippen LogP contribution in [0.25, 0.3) is 0 Å². The number of fused-ring (bicyclic) bond motifs is 3. The molecular formula is C31H40N2O6. The number of carboxylic acids is 1. The standard InChI is InChI=1S/C24H27NO6.C7H13N/c26-22(25-16-24(17-25,23(27)28)19-8-2-1-3-9-19)18-7-6-10-20(15-18)29-12-5-4-11-21-30-13-14-31-21;1-4-8-5-2-7(1)3-6-8/h1-3,6-10,15,21H,4-5,11-14,16-17H2,(H,27,28);7H,1-6H2. The highest BCUT2D eigenvalue weighted by Gasteiger charge is 2.52. The van der Waals surface area contributed by atoms with Gasteiger partial charge in [-0.2, -0.15) is 0 Å². The lowest BCUT2D eigenvalue weighted by Gasteiger charge is -2.47. The number of hydrogen-bond donors (Lipinski definition) is 1. The summed E-state index contributed by atoms with van der Waals surface area (Å²) in [5.41, 5.74) is 0.173. The van der Waals surface area contributed by atoms with Crippen LogP contribution in [0.4, 0.5) is 0 Å². The van der Waals surface area contributed by atoms with Crippen LogP contribution in [0.5, 0.6) is 5.75 Å². The van der Waals surface area contributed by atoms with Crippen molar-refractivity contribution in [1.29, 1.82) is 0 Å². The molecule has 0 radical (unpaired) electrons. The second-order valence-corrected chi connectivity index (χ2v) is 11.0. The number of carbonyl (C=O) groups excluding carboxylic acids is 1. The lowest BCUT2D eigenvalue weighted by atomic mass is 9.73. The lowest BCUT2D eigenvalue weighted by Crippen LogP contribution is -2.65. The van der Waals surface area contributed by atoms with Crippen LogP contribution in [0.2, 0.25) is 0 Å². The lowest BCUT2D eigenvalue weighted by molar-refractivity contribution is -0.149. The summed E-state index contributed by atoms with van der Waals surface area (Å²) in [6, 6.07) is 16.1. The summed E-state index contributed by atoms with van der Waals surface area (Å²) < 4.78 is 16.6. The fraction of sp³-hybridized carbons (Fsp3) is 0.548. The quantitative estimate of drug-likeness (QED) is 0.481. The second kappa shape index (κ2) is 12.9. The van der Waals surface area contributed by atoms with Crippen molar-refractivity contribution < 1.29 is 28.9 Å². The van der Waals surface area contributed by atoms with E-state index in [-0.39, 0.29) is 25.3 Å². The highest BCUT2D eigenvalue weighted by Crippen LogP contribution is 2.36. The van der Waals surface area contributed by atoms with Crippen molar-refractivity contribution in [2.75, 3.05) is 52.5 Å². The van der Waals surface area contributed by atoms with Gasteiger partial charge in [-0.05, 0) is 87.8 Å². The van der Waals surface area contributed by atoms with Crippen molar-refractivity contribution in [1.82, 2.24) is 9.80 Å². The van der Waals surface area contributed by atoms with Gasteiger partial charge in [0.1, 0.15) is 11.2 Å². The van der Waals surface area contributed by atoms with Crippen molar-refractivity contribution in [2.45, 2.75) is 50.2 Å². The molecule has 5 aliphatic rings. The van der Waals surface area contributed by atoms with Crippen LogP contribution in [-0.2, 0) is 19.7 Å². The zero-order valence-corrected chi connectivity index (χ0v) is 22.6. The Morgan fingerprint density at radius 3 is 2.21 bits per heavy atom. The Labute approximate surface area is 230 Å². The predicted molar refractivity (Wildman–Crippen MR) is 147 cm³/mol. The van der Waals surface area contributed by atoms with Gasteiger partial charge in [0, 0.05) is 18.7 Å². The van der Waals surface area contributed by atoms with E-state index < -0.39 is 11.4 Å². The fourth-order valence-corrected chi connectivity index (χ4v) is 5.89. The molecule has 2 aromatic rings. The maximum absolute atomic E-state index is 12.9. The normalized spacial score (nSPS) is 23.4. The van der Waals surface area contributed by atoms with Crippen molar-refractivity contribution >= 4 is 11.9 Å². The number of piperidine rings is 3. The van der Waals surface area contributed by atoms with Crippen molar-refractivity contribution in [3.05, 3.63) is 65.7 Å². The molecule has 2 bridgehead atoms. The maximum Gasteiger partial charge on any atom is 0.317 e. The van der Waals surface area contributed by atoms with Crippen molar-refractivity contribution in [3.63, 3.8) is 0 Å². The maximum atomic E-state index is 12.9. The molecule has 0 saturated carbocycles. The average Bonchev–Trinajstić information content (AvgIpc) is 3.48. The first-order chi connectivity index (χ1) is 19.0. The van der Waals surface area contributed by atoms with Crippen LogP contribution in [0, 0.1) is 5.92 Å². The van der Waals surface area contributed by atoms with Gasteiger partial charge in [0.05, 0.1) is 19.8 Å². The van der Waals surface area contributed by atoms with E-state index in [2.05, 4.69) is 4.90 Å². The van der Waals surface area contributed by atoms with Gasteiger partial charge in [-0.3, -0.25) is 9.59 Å². The van der Waals surface area contributed by atoms with Crippen molar-refractivity contribution in [2.24, 2.45) is 5.92 Å². The summed E-state index contributed by atoms with van der Waals surface area (Å²) in [4.78, 5) is 29.0. The van der Waals surface area contributed by atoms with E-state index in [1.54, 1.807) is 35.2 Å². The Morgan fingerprint density at radius 1 is 0.923 bits per heavy atom. The number of amides is 1. The average molecular weight is 537 g/mol. The summed E-state index contributed by atoms with van der Waals surface area (Å²) in [6.07, 6.45) is 7.02. The molecule has 210 valence electrons. The SMILES string of the molecule is C1CN2CCC1CC2.O=C(c1cccc(OCCCCC2OCCO2)c1)N1CC(C(=O)O)(c2ccccc2)C1. The first-order valence-electron chi connectivity index (χ1n) is 14.3. The third-order valence-electron chi connectivity index (χ3n) is 8.38. The Morgan fingerprint density at radius 2 is 1.62 bits per heavy atom. The van der Waals surface area contributed by atoms with Gasteiger partial charge in [-0.1, -0.05) is 36.4 Å². The third kappa shape index (κ3) is 6.80. The number of aliphatic carboxylic acids is 1. The number of ether oxygens (including phenoxy) is 3. The van der Waals surface area contributed by atoms with E-state index in [0.29, 0.717) is 31.1 Å². The molecule has 5 fully saturated rings. The number of benzene rings is 2. The summed E-state index contributed by atoms with van der Waals surface area (Å²) in [7, 11) is 0. The monoisotopic (exact) mass is 536 g/mol. The zero-order valence-electron chi connectivity index (χ0n) is 22.6. The van der Waals surface area contributed by atoms with Gasteiger partial charge < -0.3 is 29.1 Å². The number of rotatable bonds is 9. The highest BCUT2D eigenvalue weighted by molar-refractivity contribution is 5.97. The van der Waals surface area contributed by atoms with Gasteiger partial charge >= 0.3 is 5.97 Å². The molecule has 7 rings (SSSR count). The fourth-order valence-electron chi connectivity index (χ4n) is 5.89. The minimum atomic E-state index is -1.04. The first-order valence-corrected chi connectivity index (χ1v) is 14.3. The van der Waals surface area contributed by atoms with E-state index in [9.17, 15) is 14.7 Å². The van der Waals surface area contributed by atoms with Crippen LogP contribution in [0.15, 0.2) is 54.6 Å². The molecular weight excluding hydrogens is 496 g/mol.